The molecule has 8 N–H and O–H groups in total. The fourth-order valence-electron chi connectivity index (χ4n) is 2.58. The van der Waals surface area contributed by atoms with Gasteiger partial charge in [0.1, 0.15) is 11.5 Å². The molecule has 28 heavy (non-hydrogen) atoms. The highest BCUT2D eigenvalue weighted by Crippen LogP contribution is 2.25. The molecule has 0 spiro atoms. The van der Waals surface area contributed by atoms with Crippen LogP contribution in [0.1, 0.15) is 11.1 Å². The molecule has 0 amide bonds. The van der Waals surface area contributed by atoms with Crippen LogP contribution in [0.5, 0.6) is 0 Å². The standard InChI is InChI=1S/C19H19F2N7/c20-15-2-1-3-16(17(15)21)26-19(27-28-24)14-8-13(10-25-18(14)23)12-6-4-11(9-22)5-7-12/h1-8,10,28H,9,22,24H2,(H2,23,25)(H,26,27). The fraction of sp³-hybridized carbons (Fsp3) is 0.0526. The van der Waals surface area contributed by atoms with Crippen LogP contribution in [0.15, 0.2) is 59.7 Å². The van der Waals surface area contributed by atoms with E-state index in [1.807, 2.05) is 24.3 Å². The first-order valence-corrected chi connectivity index (χ1v) is 8.33. The van der Waals surface area contributed by atoms with Crippen LogP contribution in [0.3, 0.4) is 0 Å². The average Bonchev–Trinajstić information content (AvgIpc) is 2.71. The van der Waals surface area contributed by atoms with Gasteiger partial charge in [-0.2, -0.15) is 5.53 Å². The molecule has 0 aliphatic carbocycles. The largest absolute Gasteiger partial charge is 0.383 e. The van der Waals surface area contributed by atoms with Crippen LogP contribution in [0.4, 0.5) is 20.3 Å². The summed E-state index contributed by atoms with van der Waals surface area (Å²) >= 11 is 0. The summed E-state index contributed by atoms with van der Waals surface area (Å²) in [7, 11) is 0. The molecule has 0 saturated heterocycles. The third kappa shape index (κ3) is 4.12. The van der Waals surface area contributed by atoms with Gasteiger partial charge in [-0.3, -0.25) is 11.3 Å². The van der Waals surface area contributed by atoms with Crippen molar-refractivity contribution in [3.05, 3.63) is 77.5 Å². The number of anilines is 1. The highest BCUT2D eigenvalue weighted by molar-refractivity contribution is 6.04. The molecular weight excluding hydrogens is 364 g/mol. The molecule has 9 heteroatoms. The normalized spacial score (nSPS) is 11.5. The first-order valence-electron chi connectivity index (χ1n) is 8.33. The molecule has 0 bridgehead atoms. The van der Waals surface area contributed by atoms with E-state index in [2.05, 4.69) is 20.9 Å². The lowest BCUT2D eigenvalue weighted by molar-refractivity contribution is 0.510. The van der Waals surface area contributed by atoms with Gasteiger partial charge in [0.2, 0.25) is 0 Å². The molecule has 1 aromatic heterocycles. The van der Waals surface area contributed by atoms with E-state index < -0.39 is 11.6 Å². The molecule has 0 saturated carbocycles. The fourth-order valence-corrected chi connectivity index (χ4v) is 2.58. The molecule has 3 aromatic rings. The van der Waals surface area contributed by atoms with Crippen molar-refractivity contribution in [3.8, 4) is 11.1 Å². The number of halogens is 2. The molecule has 144 valence electrons. The summed E-state index contributed by atoms with van der Waals surface area (Å²) in [4.78, 5) is 8.29. The number of pyridine rings is 1. The topological polar surface area (TPSA) is 127 Å². The van der Waals surface area contributed by atoms with Gasteiger partial charge in [-0.1, -0.05) is 30.3 Å². The minimum absolute atomic E-state index is 0.0810. The van der Waals surface area contributed by atoms with Crippen molar-refractivity contribution in [1.29, 1.82) is 0 Å². The van der Waals surface area contributed by atoms with Gasteiger partial charge in [-0.25, -0.2) is 18.8 Å². The second-order valence-electron chi connectivity index (χ2n) is 5.86. The predicted octanol–water partition coefficient (Wildman–Crippen LogP) is 2.11. The predicted molar refractivity (Wildman–Crippen MR) is 105 cm³/mol. The number of amidine groups is 1. The number of nitrogens with zero attached hydrogens (tertiary/aromatic N) is 2. The number of hydrazine groups is 2. The first kappa shape index (κ1) is 19.4. The number of hydrogen-bond acceptors (Lipinski definition) is 6. The van der Waals surface area contributed by atoms with Crippen LogP contribution in [0, 0.1) is 11.6 Å². The maximum absolute atomic E-state index is 14.0. The number of rotatable bonds is 5. The van der Waals surface area contributed by atoms with Crippen LogP contribution in [0.25, 0.3) is 11.1 Å². The first-order chi connectivity index (χ1) is 13.5. The summed E-state index contributed by atoms with van der Waals surface area (Å²) in [5, 5.41) is 0. The van der Waals surface area contributed by atoms with Crippen LogP contribution in [-0.2, 0) is 6.54 Å². The number of nitrogens with one attached hydrogen (secondary N) is 2. The molecule has 0 radical (unpaired) electrons. The molecule has 0 aliphatic heterocycles. The Morgan fingerprint density at radius 3 is 2.50 bits per heavy atom. The average molecular weight is 383 g/mol. The van der Waals surface area contributed by atoms with Gasteiger partial charge in [-0.05, 0) is 29.3 Å². The molecule has 0 aliphatic rings. The Kier molecular flexibility index (Phi) is 5.90. The lowest BCUT2D eigenvalue weighted by atomic mass is 10.0. The molecule has 3 rings (SSSR count). The number of benzene rings is 2. The van der Waals surface area contributed by atoms with Crippen molar-refractivity contribution in [3.63, 3.8) is 0 Å². The lowest BCUT2D eigenvalue weighted by Crippen LogP contribution is -2.43. The van der Waals surface area contributed by atoms with E-state index in [4.69, 9.17) is 17.3 Å². The van der Waals surface area contributed by atoms with E-state index in [-0.39, 0.29) is 17.3 Å². The molecular formula is C19H19F2N7. The zero-order valence-electron chi connectivity index (χ0n) is 14.8. The van der Waals surface area contributed by atoms with Crippen molar-refractivity contribution in [2.24, 2.45) is 16.6 Å². The SMILES string of the molecule is NCc1ccc(-c2cnc(N)c(C(=Nc3cccc(F)c3F)NNN)c2)cc1. The van der Waals surface area contributed by atoms with Crippen LogP contribution < -0.4 is 28.3 Å². The van der Waals surface area contributed by atoms with Crippen molar-refractivity contribution in [2.45, 2.75) is 6.54 Å². The minimum atomic E-state index is -1.08. The van der Waals surface area contributed by atoms with E-state index in [0.29, 0.717) is 12.1 Å². The Balaban J connectivity index is 2.07. The van der Waals surface area contributed by atoms with E-state index in [1.165, 1.54) is 12.1 Å². The third-order valence-electron chi connectivity index (χ3n) is 4.05. The highest BCUT2D eigenvalue weighted by atomic mass is 19.2. The summed E-state index contributed by atoms with van der Waals surface area (Å²) < 4.78 is 27.5. The number of nitrogen functional groups attached to an aromatic ring is 1. The van der Waals surface area contributed by atoms with E-state index >= 15 is 0 Å². The summed E-state index contributed by atoms with van der Waals surface area (Å²) in [6.07, 6.45) is 1.60. The van der Waals surface area contributed by atoms with E-state index in [1.54, 1.807) is 12.3 Å². The number of aromatic nitrogens is 1. The summed E-state index contributed by atoms with van der Waals surface area (Å²) in [6.45, 7) is 0.438. The van der Waals surface area contributed by atoms with Gasteiger partial charge in [0.05, 0.1) is 5.56 Å². The molecule has 2 aromatic carbocycles. The second-order valence-corrected chi connectivity index (χ2v) is 5.86. The van der Waals surface area contributed by atoms with Crippen molar-refractivity contribution in [1.82, 2.24) is 15.9 Å². The van der Waals surface area contributed by atoms with Crippen LogP contribution in [0.2, 0.25) is 0 Å². The van der Waals surface area contributed by atoms with Crippen molar-refractivity contribution < 1.29 is 8.78 Å². The smallest absolute Gasteiger partial charge is 0.184 e. The Hall–Kier alpha value is -3.40. The molecule has 0 atom stereocenters. The molecule has 1 heterocycles. The molecule has 0 unspecified atom stereocenters. The van der Waals surface area contributed by atoms with Gasteiger partial charge in [-0.15, -0.1) is 0 Å². The van der Waals surface area contributed by atoms with Gasteiger partial charge in [0, 0.05) is 18.3 Å². The monoisotopic (exact) mass is 383 g/mol. The zero-order chi connectivity index (χ0) is 20.1. The molecule has 7 nitrogen and oxygen atoms in total. The summed E-state index contributed by atoms with van der Waals surface area (Å²) in [5.74, 6) is 3.46. The van der Waals surface area contributed by atoms with E-state index in [0.717, 1.165) is 22.8 Å². The Labute approximate surface area is 160 Å². The number of nitrogens with two attached hydrogens (primary N) is 3. The Bertz CT molecular complexity index is 1000. The summed E-state index contributed by atoms with van der Waals surface area (Å²) in [5.41, 5.74) is 19.2. The minimum Gasteiger partial charge on any atom is -0.383 e. The van der Waals surface area contributed by atoms with Crippen molar-refractivity contribution in [2.75, 3.05) is 5.73 Å². The van der Waals surface area contributed by atoms with Gasteiger partial charge in [0.15, 0.2) is 17.5 Å². The van der Waals surface area contributed by atoms with Gasteiger partial charge < -0.3 is 11.5 Å². The zero-order valence-corrected chi connectivity index (χ0v) is 14.8. The number of aliphatic imine (C=N–C) groups is 1. The second kappa shape index (κ2) is 8.53. The maximum Gasteiger partial charge on any atom is 0.184 e. The highest BCUT2D eigenvalue weighted by Gasteiger charge is 2.14. The maximum atomic E-state index is 14.0. The van der Waals surface area contributed by atoms with Crippen LogP contribution in [-0.4, -0.2) is 10.8 Å². The molecule has 0 fully saturated rings. The van der Waals surface area contributed by atoms with Crippen molar-refractivity contribution >= 4 is 17.3 Å². The van der Waals surface area contributed by atoms with Gasteiger partial charge >= 0.3 is 0 Å². The quantitative estimate of drug-likeness (QED) is 0.199. The lowest BCUT2D eigenvalue weighted by Gasteiger charge is -2.13. The van der Waals surface area contributed by atoms with Crippen LogP contribution >= 0.6 is 0 Å². The number of hydrogen-bond donors (Lipinski definition) is 5. The van der Waals surface area contributed by atoms with Gasteiger partial charge in [0.25, 0.3) is 0 Å². The Morgan fingerprint density at radius 1 is 1.07 bits per heavy atom. The third-order valence-corrected chi connectivity index (χ3v) is 4.05. The summed E-state index contributed by atoms with van der Waals surface area (Å²) in [6, 6.07) is 13.0. The Morgan fingerprint density at radius 2 is 1.82 bits per heavy atom. The van der Waals surface area contributed by atoms with E-state index in [9.17, 15) is 8.78 Å².